The van der Waals surface area contributed by atoms with E-state index in [-0.39, 0.29) is 5.78 Å². The summed E-state index contributed by atoms with van der Waals surface area (Å²) in [4.78, 5) is 12.3. The van der Waals surface area contributed by atoms with E-state index < -0.39 is 0 Å². The zero-order valence-electron chi connectivity index (χ0n) is 11.2. The van der Waals surface area contributed by atoms with Crippen LogP contribution < -0.4 is 0 Å². The Hall–Kier alpha value is -1.60. The standard InChI is InChI=1S/C17H17ClO/c1-3-12(2)13-4-6-14(7-5-13)17(19)15-8-10-16(18)11-9-15/h4-12H,3H2,1-2H3. The Balaban J connectivity index is 2.22. The number of hydrogen-bond donors (Lipinski definition) is 0. The van der Waals surface area contributed by atoms with Crippen molar-refractivity contribution >= 4 is 17.4 Å². The van der Waals surface area contributed by atoms with E-state index in [0.717, 1.165) is 12.0 Å². The molecule has 1 nitrogen and oxygen atoms in total. The van der Waals surface area contributed by atoms with Crippen LogP contribution in [-0.4, -0.2) is 5.78 Å². The fourth-order valence-corrected chi connectivity index (χ4v) is 2.09. The lowest BCUT2D eigenvalue weighted by Gasteiger charge is -2.09. The van der Waals surface area contributed by atoms with Crippen molar-refractivity contribution in [1.82, 2.24) is 0 Å². The number of carbonyl (C=O) groups is 1. The Labute approximate surface area is 119 Å². The van der Waals surface area contributed by atoms with Crippen LogP contribution in [-0.2, 0) is 0 Å². The molecule has 0 radical (unpaired) electrons. The van der Waals surface area contributed by atoms with Gasteiger partial charge in [-0.25, -0.2) is 0 Å². The molecule has 0 aliphatic rings. The van der Waals surface area contributed by atoms with Crippen LogP contribution in [0.4, 0.5) is 0 Å². The first-order chi connectivity index (χ1) is 9.11. The molecule has 0 fully saturated rings. The van der Waals surface area contributed by atoms with E-state index in [0.29, 0.717) is 16.5 Å². The molecule has 2 heteroatoms. The number of halogens is 1. The molecule has 2 rings (SSSR count). The minimum atomic E-state index is 0.0346. The second-order valence-electron chi connectivity index (χ2n) is 4.77. The van der Waals surface area contributed by atoms with E-state index in [1.54, 1.807) is 24.3 Å². The topological polar surface area (TPSA) is 17.1 Å². The molecule has 1 unspecified atom stereocenters. The Morgan fingerprint density at radius 2 is 1.47 bits per heavy atom. The first-order valence-electron chi connectivity index (χ1n) is 6.52. The van der Waals surface area contributed by atoms with Gasteiger partial charge in [0.2, 0.25) is 0 Å². The van der Waals surface area contributed by atoms with Crippen molar-refractivity contribution in [2.45, 2.75) is 26.2 Å². The summed E-state index contributed by atoms with van der Waals surface area (Å²) in [5, 5.41) is 0.642. The van der Waals surface area contributed by atoms with Crippen LogP contribution in [0.3, 0.4) is 0 Å². The van der Waals surface area contributed by atoms with E-state index >= 15 is 0 Å². The number of benzene rings is 2. The molecule has 0 saturated heterocycles. The van der Waals surface area contributed by atoms with Gasteiger partial charge in [0.1, 0.15) is 0 Å². The van der Waals surface area contributed by atoms with Gasteiger partial charge in [-0.2, -0.15) is 0 Å². The molecule has 0 saturated carbocycles. The van der Waals surface area contributed by atoms with Crippen LogP contribution in [0.1, 0.15) is 47.7 Å². The Morgan fingerprint density at radius 3 is 1.95 bits per heavy atom. The summed E-state index contributed by atoms with van der Waals surface area (Å²) in [5.74, 6) is 0.562. The van der Waals surface area contributed by atoms with Gasteiger partial charge in [-0.05, 0) is 42.2 Å². The van der Waals surface area contributed by atoms with Crippen LogP contribution in [0.2, 0.25) is 5.02 Å². The van der Waals surface area contributed by atoms with Crippen LogP contribution in [0, 0.1) is 0 Å². The first-order valence-corrected chi connectivity index (χ1v) is 6.90. The summed E-state index contributed by atoms with van der Waals surface area (Å²) in [5.41, 5.74) is 2.66. The van der Waals surface area contributed by atoms with Crippen molar-refractivity contribution in [3.05, 3.63) is 70.2 Å². The van der Waals surface area contributed by atoms with Gasteiger partial charge in [0, 0.05) is 16.1 Å². The van der Waals surface area contributed by atoms with Crippen LogP contribution in [0.5, 0.6) is 0 Å². The van der Waals surface area contributed by atoms with Gasteiger partial charge in [0.05, 0.1) is 0 Å². The molecule has 0 amide bonds. The number of hydrogen-bond acceptors (Lipinski definition) is 1. The van der Waals surface area contributed by atoms with Gasteiger partial charge in [-0.1, -0.05) is 49.7 Å². The largest absolute Gasteiger partial charge is 0.289 e. The highest BCUT2D eigenvalue weighted by atomic mass is 35.5. The highest BCUT2D eigenvalue weighted by molar-refractivity contribution is 6.30. The summed E-state index contributed by atoms with van der Waals surface area (Å²) in [6.45, 7) is 4.35. The number of rotatable bonds is 4. The predicted molar refractivity (Wildman–Crippen MR) is 80.0 cm³/mol. The predicted octanol–water partition coefficient (Wildman–Crippen LogP) is 5.08. The monoisotopic (exact) mass is 272 g/mol. The van der Waals surface area contributed by atoms with E-state index in [2.05, 4.69) is 13.8 Å². The number of ketones is 1. The molecule has 0 aliphatic carbocycles. The third-order valence-electron chi connectivity index (χ3n) is 3.46. The average Bonchev–Trinajstić information content (AvgIpc) is 2.46. The van der Waals surface area contributed by atoms with Crippen molar-refractivity contribution in [2.75, 3.05) is 0 Å². The van der Waals surface area contributed by atoms with Crippen LogP contribution in [0.25, 0.3) is 0 Å². The van der Waals surface area contributed by atoms with E-state index in [1.807, 2.05) is 24.3 Å². The molecule has 0 spiro atoms. The smallest absolute Gasteiger partial charge is 0.193 e. The highest BCUT2D eigenvalue weighted by Gasteiger charge is 2.09. The molecule has 2 aromatic carbocycles. The Bertz CT molecular complexity index is 555. The molecule has 19 heavy (non-hydrogen) atoms. The van der Waals surface area contributed by atoms with Crippen molar-refractivity contribution < 1.29 is 4.79 Å². The van der Waals surface area contributed by atoms with Gasteiger partial charge in [-0.15, -0.1) is 0 Å². The van der Waals surface area contributed by atoms with Gasteiger partial charge in [0.25, 0.3) is 0 Å². The molecule has 98 valence electrons. The lowest BCUT2D eigenvalue weighted by molar-refractivity contribution is 0.103. The van der Waals surface area contributed by atoms with Crippen molar-refractivity contribution in [3.63, 3.8) is 0 Å². The molecule has 0 N–H and O–H groups in total. The maximum Gasteiger partial charge on any atom is 0.193 e. The summed E-state index contributed by atoms with van der Waals surface area (Å²) < 4.78 is 0. The van der Waals surface area contributed by atoms with Gasteiger partial charge in [0.15, 0.2) is 5.78 Å². The lowest BCUT2D eigenvalue weighted by Crippen LogP contribution is -2.01. The molecule has 0 aromatic heterocycles. The molecule has 1 atom stereocenters. The molecular formula is C17H17ClO. The quantitative estimate of drug-likeness (QED) is 0.709. The zero-order chi connectivity index (χ0) is 13.8. The third-order valence-corrected chi connectivity index (χ3v) is 3.71. The van der Waals surface area contributed by atoms with Crippen molar-refractivity contribution in [1.29, 1.82) is 0 Å². The third kappa shape index (κ3) is 3.24. The lowest BCUT2D eigenvalue weighted by atomic mass is 9.95. The minimum absolute atomic E-state index is 0.0346. The summed E-state index contributed by atoms with van der Waals surface area (Å²) in [7, 11) is 0. The van der Waals surface area contributed by atoms with Crippen molar-refractivity contribution in [3.8, 4) is 0 Å². The molecule has 2 aromatic rings. The van der Waals surface area contributed by atoms with Crippen LogP contribution >= 0.6 is 11.6 Å². The Morgan fingerprint density at radius 1 is 1.00 bits per heavy atom. The summed E-state index contributed by atoms with van der Waals surface area (Å²) in [6.07, 6.45) is 1.10. The SMILES string of the molecule is CCC(C)c1ccc(C(=O)c2ccc(Cl)cc2)cc1. The zero-order valence-corrected chi connectivity index (χ0v) is 11.9. The van der Waals surface area contributed by atoms with E-state index in [1.165, 1.54) is 5.56 Å². The first kappa shape index (κ1) is 13.8. The Kier molecular flexibility index (Phi) is 4.39. The van der Waals surface area contributed by atoms with Crippen LogP contribution in [0.15, 0.2) is 48.5 Å². The van der Waals surface area contributed by atoms with Gasteiger partial charge >= 0.3 is 0 Å². The second kappa shape index (κ2) is 6.03. The molecule has 0 bridgehead atoms. The van der Waals surface area contributed by atoms with E-state index in [9.17, 15) is 4.79 Å². The van der Waals surface area contributed by atoms with Gasteiger partial charge in [-0.3, -0.25) is 4.79 Å². The maximum atomic E-state index is 12.3. The molecule has 0 heterocycles. The fraction of sp³-hybridized carbons (Fsp3) is 0.235. The van der Waals surface area contributed by atoms with Crippen molar-refractivity contribution in [2.24, 2.45) is 0 Å². The average molecular weight is 273 g/mol. The highest BCUT2D eigenvalue weighted by Crippen LogP contribution is 2.20. The summed E-state index contributed by atoms with van der Waals surface area (Å²) in [6, 6.07) is 14.9. The fourth-order valence-electron chi connectivity index (χ4n) is 1.97. The molecule has 0 aliphatic heterocycles. The number of carbonyl (C=O) groups excluding carboxylic acids is 1. The molecular weight excluding hydrogens is 256 g/mol. The minimum Gasteiger partial charge on any atom is -0.289 e. The summed E-state index contributed by atoms with van der Waals surface area (Å²) >= 11 is 5.82. The second-order valence-corrected chi connectivity index (χ2v) is 5.20. The van der Waals surface area contributed by atoms with E-state index in [4.69, 9.17) is 11.6 Å². The normalized spacial score (nSPS) is 12.2. The maximum absolute atomic E-state index is 12.3. The van der Waals surface area contributed by atoms with Gasteiger partial charge < -0.3 is 0 Å².